The fourth-order valence-electron chi connectivity index (χ4n) is 0.640. The van der Waals surface area contributed by atoms with E-state index in [4.69, 9.17) is 10.0 Å². The lowest BCUT2D eigenvalue weighted by Crippen LogP contribution is -2.14. The molecule has 0 aliphatic rings. The average molecular weight is 166 g/mol. The second-order valence-corrected chi connectivity index (χ2v) is 2.13. The third-order valence-electron chi connectivity index (χ3n) is 1.34. The molecule has 0 bridgehead atoms. The third kappa shape index (κ3) is 3.32. The maximum absolute atomic E-state index is 10.3. The molecule has 2 N–H and O–H groups in total. The van der Waals surface area contributed by atoms with Crippen molar-refractivity contribution in [1.29, 1.82) is 0 Å². The van der Waals surface area contributed by atoms with Gasteiger partial charge in [0.15, 0.2) is 0 Å². The van der Waals surface area contributed by atoms with Crippen molar-refractivity contribution in [2.24, 2.45) is 0 Å². The summed E-state index contributed by atoms with van der Waals surface area (Å²) in [5.74, 6) is 0. The highest BCUT2D eigenvalue weighted by Crippen LogP contribution is 2.02. The first-order valence-electron chi connectivity index (χ1n) is 3.47. The first-order valence-corrected chi connectivity index (χ1v) is 3.47. The van der Waals surface area contributed by atoms with E-state index in [0.717, 1.165) is 0 Å². The van der Waals surface area contributed by atoms with Crippen LogP contribution in [0.25, 0.3) is 0 Å². The van der Waals surface area contributed by atoms with Gasteiger partial charge in [0.05, 0.1) is 0 Å². The number of carbonyl (C=O) groups excluding carboxylic acids is 1. The molecule has 0 fully saturated rings. The zero-order chi connectivity index (χ0) is 9.56. The molecule has 0 aromatic carbocycles. The molecule has 0 heterocycles. The molecular formula is C8H11BO3. The third-order valence-corrected chi connectivity index (χ3v) is 1.34. The van der Waals surface area contributed by atoms with E-state index >= 15 is 0 Å². The van der Waals surface area contributed by atoms with Gasteiger partial charge < -0.3 is 10.0 Å². The van der Waals surface area contributed by atoms with Gasteiger partial charge in [-0.15, -0.1) is 0 Å². The zero-order valence-corrected chi connectivity index (χ0v) is 6.90. The number of hydrogen-bond donors (Lipinski definition) is 2. The normalized spacial score (nSPS) is 12.6. The minimum Gasteiger partial charge on any atom is -0.423 e. The van der Waals surface area contributed by atoms with Crippen molar-refractivity contribution in [2.45, 2.75) is 6.92 Å². The van der Waals surface area contributed by atoms with Crippen molar-refractivity contribution in [2.75, 3.05) is 0 Å². The Hall–Kier alpha value is -1.13. The van der Waals surface area contributed by atoms with Crippen LogP contribution in [0, 0.1) is 0 Å². The minimum absolute atomic E-state index is 0.275. The van der Waals surface area contributed by atoms with Gasteiger partial charge in [-0.2, -0.15) is 0 Å². The maximum atomic E-state index is 10.3. The highest BCUT2D eigenvalue weighted by molar-refractivity contribution is 6.51. The number of hydrogen-bond acceptors (Lipinski definition) is 3. The molecule has 0 rings (SSSR count). The fraction of sp³-hybridized carbons (Fsp3) is 0.125. The molecule has 0 amide bonds. The second kappa shape index (κ2) is 5.52. The van der Waals surface area contributed by atoms with Crippen molar-refractivity contribution >= 4 is 13.4 Å². The van der Waals surface area contributed by atoms with Gasteiger partial charge in [0.25, 0.3) is 0 Å². The summed E-state index contributed by atoms with van der Waals surface area (Å²) in [6.45, 7) is 5.04. The molecule has 0 radical (unpaired) electrons. The van der Waals surface area contributed by atoms with Crippen LogP contribution in [0.1, 0.15) is 6.92 Å². The van der Waals surface area contributed by atoms with Crippen molar-refractivity contribution in [3.63, 3.8) is 0 Å². The molecule has 3 nitrogen and oxygen atoms in total. The molecule has 0 aliphatic heterocycles. The first kappa shape index (κ1) is 10.9. The largest absolute Gasteiger partial charge is 0.488 e. The highest BCUT2D eigenvalue weighted by Gasteiger charge is 2.10. The second-order valence-electron chi connectivity index (χ2n) is 2.13. The van der Waals surface area contributed by atoms with Crippen LogP contribution in [0.4, 0.5) is 0 Å². The minimum atomic E-state index is -1.55. The molecule has 64 valence electrons. The Morgan fingerprint density at radius 1 is 1.50 bits per heavy atom. The summed E-state index contributed by atoms with van der Waals surface area (Å²) in [6, 6.07) is 0. The molecule has 0 unspecified atom stereocenters. The Labute approximate surface area is 71.9 Å². The molecule has 4 heteroatoms. The Kier molecular flexibility index (Phi) is 5.00. The Balaban J connectivity index is 4.67. The standard InChI is InChI=1S/C8H11BO3/c1-3-7(6-10)5-8(4-2)9(11)12/h3-6,11-12H,1H2,2H3/b7-5+,8-4+. The predicted octanol–water partition coefficient (Wildman–Crippen LogP) is 0.256. The zero-order valence-electron chi connectivity index (χ0n) is 6.90. The van der Waals surface area contributed by atoms with E-state index in [2.05, 4.69) is 6.58 Å². The van der Waals surface area contributed by atoms with E-state index in [0.29, 0.717) is 11.9 Å². The van der Waals surface area contributed by atoms with Crippen LogP contribution < -0.4 is 0 Å². The molecule has 0 aromatic rings. The molecule has 0 spiro atoms. The molecule has 0 atom stereocenters. The van der Waals surface area contributed by atoms with Crippen LogP contribution in [0.2, 0.25) is 0 Å². The summed E-state index contributed by atoms with van der Waals surface area (Å²) in [7, 11) is -1.55. The maximum Gasteiger partial charge on any atom is 0.488 e. The smallest absolute Gasteiger partial charge is 0.423 e. The lowest BCUT2D eigenvalue weighted by molar-refractivity contribution is -0.104. The van der Waals surface area contributed by atoms with E-state index in [1.165, 1.54) is 18.2 Å². The van der Waals surface area contributed by atoms with Crippen molar-refractivity contribution in [3.8, 4) is 0 Å². The number of aldehydes is 1. The topological polar surface area (TPSA) is 57.5 Å². The van der Waals surface area contributed by atoms with Crippen LogP contribution in [0.3, 0.4) is 0 Å². The fourth-order valence-corrected chi connectivity index (χ4v) is 0.640. The van der Waals surface area contributed by atoms with E-state index < -0.39 is 7.12 Å². The summed E-state index contributed by atoms with van der Waals surface area (Å²) in [5.41, 5.74) is 0.591. The Morgan fingerprint density at radius 3 is 2.33 bits per heavy atom. The van der Waals surface area contributed by atoms with Crippen molar-refractivity contribution < 1.29 is 14.8 Å². The Morgan fingerprint density at radius 2 is 2.08 bits per heavy atom. The molecule has 0 saturated carbocycles. The van der Waals surface area contributed by atoms with Gasteiger partial charge in [-0.25, -0.2) is 0 Å². The van der Waals surface area contributed by atoms with E-state index in [1.54, 1.807) is 6.92 Å². The van der Waals surface area contributed by atoms with Gasteiger partial charge >= 0.3 is 7.12 Å². The van der Waals surface area contributed by atoms with Gasteiger partial charge in [-0.1, -0.05) is 24.8 Å². The van der Waals surface area contributed by atoms with E-state index in [1.807, 2.05) is 0 Å². The lowest BCUT2D eigenvalue weighted by atomic mass is 9.78. The van der Waals surface area contributed by atoms with E-state index in [9.17, 15) is 4.79 Å². The molecule has 0 saturated heterocycles. The van der Waals surface area contributed by atoms with Crippen LogP contribution >= 0.6 is 0 Å². The van der Waals surface area contributed by atoms with Crippen molar-refractivity contribution in [1.82, 2.24) is 0 Å². The Bertz CT molecular complexity index is 218. The van der Waals surface area contributed by atoms with Crippen LogP contribution in [-0.2, 0) is 4.79 Å². The lowest BCUT2D eigenvalue weighted by Gasteiger charge is -1.98. The van der Waals surface area contributed by atoms with Gasteiger partial charge in [0.2, 0.25) is 0 Å². The highest BCUT2D eigenvalue weighted by atomic mass is 16.4. The summed E-state index contributed by atoms with van der Waals surface area (Å²) in [6.07, 6.45) is 4.82. The predicted molar refractivity (Wildman–Crippen MR) is 48.3 cm³/mol. The molecule has 12 heavy (non-hydrogen) atoms. The molecule has 0 aromatic heterocycles. The van der Waals surface area contributed by atoms with Gasteiger partial charge in [0.1, 0.15) is 6.29 Å². The number of allylic oxidation sites excluding steroid dienone is 5. The van der Waals surface area contributed by atoms with Gasteiger partial charge in [-0.05, 0) is 12.4 Å². The average Bonchev–Trinajstić information content (AvgIpc) is 2.06. The summed E-state index contributed by atoms with van der Waals surface area (Å²) in [4.78, 5) is 10.3. The van der Waals surface area contributed by atoms with E-state index in [-0.39, 0.29) is 5.47 Å². The monoisotopic (exact) mass is 166 g/mol. The van der Waals surface area contributed by atoms with Gasteiger partial charge in [0, 0.05) is 5.57 Å². The number of rotatable bonds is 4. The summed E-state index contributed by atoms with van der Waals surface area (Å²) < 4.78 is 0. The van der Waals surface area contributed by atoms with Crippen LogP contribution in [-0.4, -0.2) is 23.5 Å². The summed E-state index contributed by atoms with van der Waals surface area (Å²) in [5, 5.41) is 17.5. The van der Waals surface area contributed by atoms with Crippen LogP contribution in [0.5, 0.6) is 0 Å². The molecule has 0 aliphatic carbocycles. The molecular weight excluding hydrogens is 155 g/mol. The summed E-state index contributed by atoms with van der Waals surface area (Å²) >= 11 is 0. The van der Waals surface area contributed by atoms with Crippen molar-refractivity contribution in [3.05, 3.63) is 35.9 Å². The van der Waals surface area contributed by atoms with Crippen LogP contribution in [0.15, 0.2) is 35.9 Å². The first-order chi connectivity index (χ1) is 5.65. The SMILES string of the molecule is C=C/C(C=O)=C\C(=C/C)B(O)O. The van der Waals surface area contributed by atoms with Gasteiger partial charge in [-0.3, -0.25) is 4.79 Å². The quantitative estimate of drug-likeness (QED) is 0.272. The number of carbonyl (C=O) groups is 1.